The predicted octanol–water partition coefficient (Wildman–Crippen LogP) is 4.40. The molecular formula is C24H25N3O5S. The first-order valence-corrected chi connectivity index (χ1v) is 11.2. The molecule has 0 bridgehead atoms. The average molecular weight is 468 g/mol. The van der Waals surface area contributed by atoms with Crippen LogP contribution in [0.3, 0.4) is 0 Å². The molecule has 8 nitrogen and oxygen atoms in total. The summed E-state index contributed by atoms with van der Waals surface area (Å²) >= 11 is 1.39. The molecule has 1 aliphatic carbocycles. The third kappa shape index (κ3) is 4.78. The van der Waals surface area contributed by atoms with Gasteiger partial charge in [-0.25, -0.2) is 4.98 Å². The van der Waals surface area contributed by atoms with Gasteiger partial charge in [0, 0.05) is 16.5 Å². The number of aryl methyl sites for hydroxylation is 2. The Morgan fingerprint density at radius 1 is 1.00 bits per heavy atom. The Bertz CT molecular complexity index is 1180. The highest BCUT2D eigenvalue weighted by atomic mass is 32.1. The molecule has 1 aromatic heterocycles. The minimum atomic E-state index is -0.384. The molecule has 0 fully saturated rings. The second-order valence-electron chi connectivity index (χ2n) is 7.67. The van der Waals surface area contributed by atoms with E-state index in [0.29, 0.717) is 45.7 Å². The van der Waals surface area contributed by atoms with Crippen LogP contribution in [0, 0.1) is 6.92 Å². The first kappa shape index (κ1) is 22.6. The fourth-order valence-electron chi connectivity index (χ4n) is 3.77. The van der Waals surface area contributed by atoms with Gasteiger partial charge in [0.05, 0.1) is 38.6 Å². The van der Waals surface area contributed by atoms with E-state index in [1.165, 1.54) is 25.6 Å². The van der Waals surface area contributed by atoms with Crippen LogP contribution >= 0.6 is 11.3 Å². The third-order valence-electron chi connectivity index (χ3n) is 5.48. The Morgan fingerprint density at radius 2 is 1.73 bits per heavy atom. The number of fused-ring (bicyclic) bond motifs is 1. The lowest BCUT2D eigenvalue weighted by Crippen LogP contribution is -2.20. The lowest BCUT2D eigenvalue weighted by Gasteiger charge is -2.14. The average Bonchev–Trinajstić information content (AvgIpc) is 3.39. The first-order chi connectivity index (χ1) is 15.9. The van der Waals surface area contributed by atoms with E-state index in [1.54, 1.807) is 25.3 Å². The Labute approximate surface area is 195 Å². The fourth-order valence-corrected chi connectivity index (χ4v) is 4.80. The predicted molar refractivity (Wildman–Crippen MR) is 127 cm³/mol. The maximum absolute atomic E-state index is 13.0. The lowest BCUT2D eigenvalue weighted by molar-refractivity contribution is -0.117. The zero-order chi connectivity index (χ0) is 23.5. The maximum atomic E-state index is 13.0. The van der Waals surface area contributed by atoms with E-state index in [1.807, 2.05) is 25.1 Å². The van der Waals surface area contributed by atoms with E-state index < -0.39 is 0 Å². The smallest absolute Gasteiger partial charge is 0.257 e. The van der Waals surface area contributed by atoms with Crippen molar-refractivity contribution in [2.75, 3.05) is 32.0 Å². The molecule has 2 N–H and O–H groups in total. The molecule has 33 heavy (non-hydrogen) atoms. The number of hydrogen-bond donors (Lipinski definition) is 2. The summed E-state index contributed by atoms with van der Waals surface area (Å²) in [4.78, 5) is 31.4. The van der Waals surface area contributed by atoms with Gasteiger partial charge < -0.3 is 19.5 Å². The monoisotopic (exact) mass is 467 g/mol. The van der Waals surface area contributed by atoms with Gasteiger partial charge in [-0.15, -0.1) is 11.3 Å². The van der Waals surface area contributed by atoms with Gasteiger partial charge in [-0.3, -0.25) is 14.9 Å². The van der Waals surface area contributed by atoms with Crippen LogP contribution in [0.15, 0.2) is 36.4 Å². The van der Waals surface area contributed by atoms with Gasteiger partial charge in [0.25, 0.3) is 5.91 Å². The van der Waals surface area contributed by atoms with Crippen molar-refractivity contribution in [2.45, 2.75) is 25.7 Å². The second-order valence-corrected chi connectivity index (χ2v) is 8.75. The SMILES string of the molecule is COc1cc(OC)cc(C(=O)Nc2nc3c(s2)CCC3C(=O)Nc2ccc(C)cc2OC)c1. The zero-order valence-electron chi connectivity index (χ0n) is 18.9. The van der Waals surface area contributed by atoms with Gasteiger partial charge in [-0.2, -0.15) is 0 Å². The molecule has 1 unspecified atom stereocenters. The Hall–Kier alpha value is -3.59. The highest BCUT2D eigenvalue weighted by Crippen LogP contribution is 2.39. The van der Waals surface area contributed by atoms with Gasteiger partial charge in [-0.05, 0) is 49.6 Å². The third-order valence-corrected chi connectivity index (χ3v) is 6.53. The fraction of sp³-hybridized carbons (Fsp3) is 0.292. The minimum Gasteiger partial charge on any atom is -0.497 e. The summed E-state index contributed by atoms with van der Waals surface area (Å²) in [6.45, 7) is 1.96. The second kappa shape index (κ2) is 9.50. The van der Waals surface area contributed by atoms with Crippen LogP contribution in [0.5, 0.6) is 17.2 Å². The number of rotatable bonds is 7. The normalized spacial score (nSPS) is 14.4. The van der Waals surface area contributed by atoms with Crippen molar-refractivity contribution < 1.29 is 23.8 Å². The quantitative estimate of drug-likeness (QED) is 0.535. The Kier molecular flexibility index (Phi) is 6.50. The number of benzene rings is 2. The van der Waals surface area contributed by atoms with E-state index in [0.717, 1.165) is 16.9 Å². The topological polar surface area (TPSA) is 98.8 Å². The number of carbonyl (C=O) groups is 2. The summed E-state index contributed by atoms with van der Waals surface area (Å²) in [5.41, 5.74) is 2.77. The summed E-state index contributed by atoms with van der Waals surface area (Å²) in [5.74, 6) is 0.793. The van der Waals surface area contributed by atoms with Crippen molar-refractivity contribution in [2.24, 2.45) is 0 Å². The number of nitrogens with one attached hydrogen (secondary N) is 2. The Balaban J connectivity index is 1.49. The largest absolute Gasteiger partial charge is 0.497 e. The van der Waals surface area contributed by atoms with Crippen LogP contribution in [0.2, 0.25) is 0 Å². The number of aromatic nitrogens is 1. The molecule has 0 saturated carbocycles. The number of methoxy groups -OCH3 is 3. The summed E-state index contributed by atoms with van der Waals surface area (Å²) in [7, 11) is 4.63. The standard InChI is InChI=1S/C24H25N3O5S/c1-13-5-7-18(19(9-13)32-4)25-23(29)17-6-8-20-21(17)26-24(33-20)27-22(28)14-10-15(30-2)12-16(11-14)31-3/h5,7,9-12,17H,6,8H2,1-4H3,(H,25,29)(H,26,27,28). The molecule has 0 saturated heterocycles. The van der Waals surface area contributed by atoms with Gasteiger partial charge in [-0.1, -0.05) is 6.07 Å². The molecule has 1 atom stereocenters. The molecule has 172 valence electrons. The van der Waals surface area contributed by atoms with E-state index in [9.17, 15) is 9.59 Å². The molecule has 1 heterocycles. The molecule has 1 aliphatic rings. The number of anilines is 2. The van der Waals surface area contributed by atoms with Crippen molar-refractivity contribution in [1.29, 1.82) is 0 Å². The summed E-state index contributed by atoms with van der Waals surface area (Å²) in [6, 6.07) is 10.6. The molecule has 2 aromatic carbocycles. The van der Waals surface area contributed by atoms with E-state index in [4.69, 9.17) is 14.2 Å². The lowest BCUT2D eigenvalue weighted by atomic mass is 10.1. The highest BCUT2D eigenvalue weighted by Gasteiger charge is 2.33. The van der Waals surface area contributed by atoms with Crippen LogP contribution in [0.1, 0.15) is 38.8 Å². The summed E-state index contributed by atoms with van der Waals surface area (Å²) in [6.07, 6.45) is 1.41. The van der Waals surface area contributed by atoms with Crippen molar-refractivity contribution in [3.8, 4) is 17.2 Å². The molecule has 0 spiro atoms. The van der Waals surface area contributed by atoms with E-state index in [-0.39, 0.29) is 17.7 Å². The summed E-state index contributed by atoms with van der Waals surface area (Å²) in [5, 5.41) is 6.24. The number of hydrogen-bond acceptors (Lipinski definition) is 7. The molecular weight excluding hydrogens is 442 g/mol. The van der Waals surface area contributed by atoms with Crippen LogP contribution < -0.4 is 24.8 Å². The molecule has 9 heteroatoms. The van der Waals surface area contributed by atoms with Crippen LogP contribution in [0.4, 0.5) is 10.8 Å². The number of nitrogens with zero attached hydrogens (tertiary/aromatic N) is 1. The Morgan fingerprint density at radius 3 is 2.39 bits per heavy atom. The van der Waals surface area contributed by atoms with Gasteiger partial charge >= 0.3 is 0 Å². The van der Waals surface area contributed by atoms with Crippen LogP contribution in [-0.4, -0.2) is 38.1 Å². The maximum Gasteiger partial charge on any atom is 0.257 e. The van der Waals surface area contributed by atoms with Crippen molar-refractivity contribution in [3.05, 3.63) is 58.1 Å². The van der Waals surface area contributed by atoms with Crippen LogP contribution in [0.25, 0.3) is 0 Å². The van der Waals surface area contributed by atoms with Crippen molar-refractivity contribution in [3.63, 3.8) is 0 Å². The molecule has 0 radical (unpaired) electrons. The van der Waals surface area contributed by atoms with E-state index in [2.05, 4.69) is 15.6 Å². The minimum absolute atomic E-state index is 0.142. The van der Waals surface area contributed by atoms with Crippen molar-refractivity contribution >= 4 is 34.0 Å². The number of amides is 2. The molecule has 4 rings (SSSR count). The zero-order valence-corrected chi connectivity index (χ0v) is 19.7. The summed E-state index contributed by atoms with van der Waals surface area (Å²) < 4.78 is 15.9. The van der Waals surface area contributed by atoms with Gasteiger partial charge in [0.2, 0.25) is 5.91 Å². The molecule has 3 aromatic rings. The van der Waals surface area contributed by atoms with Crippen LogP contribution in [-0.2, 0) is 11.2 Å². The number of ether oxygens (including phenoxy) is 3. The first-order valence-electron chi connectivity index (χ1n) is 10.4. The van der Waals surface area contributed by atoms with Gasteiger partial charge in [0.15, 0.2) is 5.13 Å². The van der Waals surface area contributed by atoms with E-state index >= 15 is 0 Å². The van der Waals surface area contributed by atoms with Crippen molar-refractivity contribution in [1.82, 2.24) is 4.98 Å². The molecule has 0 aliphatic heterocycles. The molecule has 2 amide bonds. The highest BCUT2D eigenvalue weighted by molar-refractivity contribution is 7.16. The number of thiazole rings is 1. The number of carbonyl (C=O) groups excluding carboxylic acids is 2. The van der Waals surface area contributed by atoms with Gasteiger partial charge in [0.1, 0.15) is 17.2 Å².